The predicted octanol–water partition coefficient (Wildman–Crippen LogP) is 1.86. The van der Waals surface area contributed by atoms with Crippen molar-refractivity contribution in [3.05, 3.63) is 41.9 Å². The molecular weight excluding hydrogens is 216 g/mol. The molecule has 0 aromatic carbocycles. The number of nitrogens with one attached hydrogen (secondary N) is 1. The second kappa shape index (κ2) is 4.78. The molecule has 0 aliphatic carbocycles. The number of carbonyl (C=O) groups excluding carboxylic acids is 1. The third kappa shape index (κ3) is 2.50. The summed E-state index contributed by atoms with van der Waals surface area (Å²) in [6.45, 7) is 4.66. The Morgan fingerprint density at radius 1 is 1.47 bits per heavy atom. The fourth-order valence-corrected chi connectivity index (χ4v) is 1.56. The van der Waals surface area contributed by atoms with Crippen LogP contribution < -0.4 is 5.32 Å². The van der Waals surface area contributed by atoms with Crippen LogP contribution in [0.1, 0.15) is 23.1 Å². The minimum Gasteiger partial charge on any atom is -0.305 e. The number of rotatable bonds is 3. The van der Waals surface area contributed by atoms with Crippen molar-refractivity contribution in [2.45, 2.75) is 20.4 Å². The van der Waals surface area contributed by atoms with Gasteiger partial charge in [0.1, 0.15) is 5.82 Å². The van der Waals surface area contributed by atoms with Gasteiger partial charge in [-0.3, -0.25) is 9.48 Å². The Balaban J connectivity index is 2.15. The van der Waals surface area contributed by atoms with Crippen LogP contribution in [0.2, 0.25) is 0 Å². The van der Waals surface area contributed by atoms with Gasteiger partial charge in [0, 0.05) is 18.4 Å². The van der Waals surface area contributed by atoms with Crippen molar-refractivity contribution < 1.29 is 4.79 Å². The number of hydrogen-bond acceptors (Lipinski definition) is 3. The number of hydrogen-bond donors (Lipinski definition) is 1. The van der Waals surface area contributed by atoms with E-state index in [1.165, 1.54) is 0 Å². The lowest BCUT2D eigenvalue weighted by molar-refractivity contribution is 0.102. The number of anilines is 1. The molecule has 88 valence electrons. The highest BCUT2D eigenvalue weighted by atomic mass is 16.2. The summed E-state index contributed by atoms with van der Waals surface area (Å²) >= 11 is 0. The van der Waals surface area contributed by atoms with Gasteiger partial charge in [0.05, 0.1) is 0 Å². The fraction of sp³-hybridized carbons (Fsp3) is 0.250. The minimum absolute atomic E-state index is 0.237. The molecule has 0 aliphatic rings. The van der Waals surface area contributed by atoms with E-state index in [1.54, 1.807) is 29.1 Å². The summed E-state index contributed by atoms with van der Waals surface area (Å²) in [7, 11) is 0. The van der Waals surface area contributed by atoms with E-state index in [4.69, 9.17) is 0 Å². The standard InChI is InChI=1S/C12H14N4O/c1-3-16-9(2)8-10(15-16)12(17)14-11-6-4-5-7-13-11/h4-8H,3H2,1-2H3,(H,13,14,17). The molecule has 0 radical (unpaired) electrons. The van der Waals surface area contributed by atoms with Crippen LogP contribution in [0.4, 0.5) is 5.82 Å². The van der Waals surface area contributed by atoms with Crippen LogP contribution >= 0.6 is 0 Å². The van der Waals surface area contributed by atoms with Crippen LogP contribution in [0.25, 0.3) is 0 Å². The summed E-state index contributed by atoms with van der Waals surface area (Å²) in [5.74, 6) is 0.292. The van der Waals surface area contributed by atoms with Crippen molar-refractivity contribution in [1.29, 1.82) is 0 Å². The fourth-order valence-electron chi connectivity index (χ4n) is 1.56. The molecule has 5 heteroatoms. The molecule has 0 fully saturated rings. The van der Waals surface area contributed by atoms with E-state index in [2.05, 4.69) is 15.4 Å². The third-order valence-corrected chi connectivity index (χ3v) is 2.42. The first-order valence-corrected chi connectivity index (χ1v) is 5.47. The first-order valence-electron chi connectivity index (χ1n) is 5.47. The van der Waals surface area contributed by atoms with Crippen molar-refractivity contribution in [1.82, 2.24) is 14.8 Å². The third-order valence-electron chi connectivity index (χ3n) is 2.42. The molecule has 1 N–H and O–H groups in total. The largest absolute Gasteiger partial charge is 0.305 e. The van der Waals surface area contributed by atoms with Crippen molar-refractivity contribution in [2.24, 2.45) is 0 Å². The van der Waals surface area contributed by atoms with Crippen LogP contribution in [0.15, 0.2) is 30.5 Å². The van der Waals surface area contributed by atoms with Gasteiger partial charge in [-0.2, -0.15) is 5.10 Å². The maximum atomic E-state index is 11.9. The van der Waals surface area contributed by atoms with E-state index in [0.29, 0.717) is 11.5 Å². The highest BCUT2D eigenvalue weighted by Gasteiger charge is 2.11. The summed E-state index contributed by atoms with van der Waals surface area (Å²) in [5, 5.41) is 6.90. The van der Waals surface area contributed by atoms with Gasteiger partial charge in [0.15, 0.2) is 5.69 Å². The zero-order chi connectivity index (χ0) is 12.3. The van der Waals surface area contributed by atoms with E-state index in [0.717, 1.165) is 12.2 Å². The summed E-state index contributed by atoms with van der Waals surface area (Å²) in [5.41, 5.74) is 1.38. The zero-order valence-corrected chi connectivity index (χ0v) is 9.84. The predicted molar refractivity (Wildman–Crippen MR) is 64.8 cm³/mol. The van der Waals surface area contributed by atoms with E-state index in [1.807, 2.05) is 19.9 Å². The normalized spacial score (nSPS) is 10.2. The van der Waals surface area contributed by atoms with Gasteiger partial charge in [0.2, 0.25) is 0 Å². The average Bonchev–Trinajstić information content (AvgIpc) is 2.72. The van der Waals surface area contributed by atoms with Crippen molar-refractivity contribution >= 4 is 11.7 Å². The molecule has 0 saturated heterocycles. The quantitative estimate of drug-likeness (QED) is 0.875. The number of nitrogens with zero attached hydrogens (tertiary/aromatic N) is 3. The second-order valence-electron chi connectivity index (χ2n) is 3.66. The molecule has 0 unspecified atom stereocenters. The maximum absolute atomic E-state index is 11.9. The summed E-state index contributed by atoms with van der Waals surface area (Å²) < 4.78 is 1.79. The van der Waals surface area contributed by atoms with Crippen molar-refractivity contribution in [2.75, 3.05) is 5.32 Å². The molecule has 17 heavy (non-hydrogen) atoms. The smallest absolute Gasteiger partial charge is 0.277 e. The molecule has 0 saturated carbocycles. The summed E-state index contributed by atoms with van der Waals surface area (Å²) in [4.78, 5) is 15.9. The molecule has 2 heterocycles. The van der Waals surface area contributed by atoms with E-state index in [-0.39, 0.29) is 5.91 Å². The van der Waals surface area contributed by atoms with Crippen LogP contribution in [0.5, 0.6) is 0 Å². The molecule has 2 aromatic heterocycles. The SMILES string of the molecule is CCn1nc(C(=O)Nc2ccccn2)cc1C. The Morgan fingerprint density at radius 3 is 2.88 bits per heavy atom. The Labute approximate surface area is 99.5 Å². The van der Waals surface area contributed by atoms with Crippen LogP contribution in [-0.2, 0) is 6.54 Å². The Kier molecular flexibility index (Phi) is 3.18. The molecule has 2 rings (SSSR count). The maximum Gasteiger partial charge on any atom is 0.277 e. The molecule has 1 amide bonds. The van der Waals surface area contributed by atoms with E-state index >= 15 is 0 Å². The van der Waals surface area contributed by atoms with Crippen molar-refractivity contribution in [3.63, 3.8) is 0 Å². The van der Waals surface area contributed by atoms with Gasteiger partial charge in [-0.15, -0.1) is 0 Å². The van der Waals surface area contributed by atoms with Gasteiger partial charge in [-0.1, -0.05) is 6.07 Å². The zero-order valence-electron chi connectivity index (χ0n) is 9.84. The molecular formula is C12H14N4O. The summed E-state index contributed by atoms with van der Waals surface area (Å²) in [6.07, 6.45) is 1.63. The highest BCUT2D eigenvalue weighted by Crippen LogP contribution is 2.07. The van der Waals surface area contributed by atoms with Gasteiger partial charge < -0.3 is 5.32 Å². The lowest BCUT2D eigenvalue weighted by Crippen LogP contribution is -2.14. The van der Waals surface area contributed by atoms with Crippen LogP contribution in [-0.4, -0.2) is 20.7 Å². The number of amides is 1. The minimum atomic E-state index is -0.237. The first kappa shape index (κ1) is 11.3. The second-order valence-corrected chi connectivity index (χ2v) is 3.66. The Bertz CT molecular complexity index is 519. The molecule has 0 spiro atoms. The van der Waals surface area contributed by atoms with E-state index in [9.17, 15) is 4.79 Å². The van der Waals surface area contributed by atoms with Gasteiger partial charge in [0.25, 0.3) is 5.91 Å². The first-order chi connectivity index (χ1) is 8.20. The molecule has 0 bridgehead atoms. The number of carbonyl (C=O) groups is 1. The number of aryl methyl sites for hydroxylation is 2. The summed E-state index contributed by atoms with van der Waals surface area (Å²) in [6, 6.07) is 7.12. The van der Waals surface area contributed by atoms with E-state index < -0.39 is 0 Å². The highest BCUT2D eigenvalue weighted by molar-refractivity contribution is 6.02. The van der Waals surface area contributed by atoms with Crippen molar-refractivity contribution in [3.8, 4) is 0 Å². The van der Waals surface area contributed by atoms with Crippen LogP contribution in [0.3, 0.4) is 0 Å². The Morgan fingerprint density at radius 2 is 2.29 bits per heavy atom. The molecule has 5 nitrogen and oxygen atoms in total. The average molecular weight is 230 g/mol. The number of aromatic nitrogens is 3. The monoisotopic (exact) mass is 230 g/mol. The lowest BCUT2D eigenvalue weighted by Gasteiger charge is -2.00. The molecule has 2 aromatic rings. The molecule has 0 atom stereocenters. The topological polar surface area (TPSA) is 59.8 Å². The Hall–Kier alpha value is -2.17. The molecule has 0 aliphatic heterocycles. The van der Waals surface area contributed by atoms with Gasteiger partial charge >= 0.3 is 0 Å². The van der Waals surface area contributed by atoms with Crippen LogP contribution in [0, 0.1) is 6.92 Å². The lowest BCUT2D eigenvalue weighted by atomic mass is 10.3. The van der Waals surface area contributed by atoms with Gasteiger partial charge in [-0.25, -0.2) is 4.98 Å². The number of pyridine rings is 1. The van der Waals surface area contributed by atoms with Gasteiger partial charge in [-0.05, 0) is 32.0 Å².